The van der Waals surface area contributed by atoms with E-state index < -0.39 is 0 Å². The Bertz CT molecular complexity index is 1350. The average Bonchev–Trinajstić information content (AvgIpc) is 2.96. The molecule has 0 heterocycles. The third kappa shape index (κ3) is 7.93. The largest absolute Gasteiger partial charge is 0.497 e. The van der Waals surface area contributed by atoms with Gasteiger partial charge in [0.15, 0.2) is 0 Å². The van der Waals surface area contributed by atoms with Crippen LogP contribution in [-0.2, 0) is 29.0 Å². The quantitative estimate of drug-likeness (QED) is 0.261. The van der Waals surface area contributed by atoms with Crippen LogP contribution in [0.15, 0.2) is 115 Å². The van der Waals surface area contributed by atoms with Gasteiger partial charge < -0.3 is 15.0 Å². The van der Waals surface area contributed by atoms with Gasteiger partial charge in [-0.3, -0.25) is 9.59 Å². The summed E-state index contributed by atoms with van der Waals surface area (Å²) in [5.41, 5.74) is 4.71. The number of rotatable bonds is 11. The van der Waals surface area contributed by atoms with E-state index >= 15 is 0 Å². The Labute approximate surface area is 224 Å². The first-order valence-electron chi connectivity index (χ1n) is 12.7. The minimum atomic E-state index is -0.126. The number of anilines is 1. The molecule has 0 saturated carbocycles. The van der Waals surface area contributed by atoms with E-state index in [4.69, 9.17) is 4.74 Å². The molecule has 0 radical (unpaired) electrons. The lowest BCUT2D eigenvalue weighted by atomic mass is 10.1. The maximum absolute atomic E-state index is 13.3. The van der Waals surface area contributed by atoms with Crippen LogP contribution in [0.4, 0.5) is 5.69 Å². The highest BCUT2D eigenvalue weighted by molar-refractivity contribution is 6.03. The zero-order chi connectivity index (χ0) is 26.6. The van der Waals surface area contributed by atoms with E-state index in [0.717, 1.165) is 40.1 Å². The summed E-state index contributed by atoms with van der Waals surface area (Å²) in [6.45, 7) is 0.976. The van der Waals surface area contributed by atoms with Crippen LogP contribution in [0.5, 0.6) is 5.75 Å². The lowest BCUT2D eigenvalue weighted by molar-refractivity contribution is -0.120. The van der Waals surface area contributed by atoms with E-state index in [9.17, 15) is 9.59 Å². The molecule has 0 aliphatic carbocycles. The van der Waals surface area contributed by atoms with Crippen molar-refractivity contribution in [3.8, 4) is 5.75 Å². The molecule has 38 heavy (non-hydrogen) atoms. The highest BCUT2D eigenvalue weighted by Gasteiger charge is 2.15. The molecule has 0 unspecified atom stereocenters. The van der Waals surface area contributed by atoms with Crippen molar-refractivity contribution in [1.82, 2.24) is 5.32 Å². The van der Waals surface area contributed by atoms with Gasteiger partial charge in [0.05, 0.1) is 20.1 Å². The van der Waals surface area contributed by atoms with Crippen LogP contribution in [0, 0.1) is 0 Å². The average molecular weight is 505 g/mol. The smallest absolute Gasteiger partial charge is 0.251 e. The van der Waals surface area contributed by atoms with Gasteiger partial charge in [0.25, 0.3) is 5.91 Å². The molecule has 5 nitrogen and oxygen atoms in total. The van der Waals surface area contributed by atoms with Crippen molar-refractivity contribution in [2.45, 2.75) is 19.4 Å². The molecule has 0 aliphatic heterocycles. The van der Waals surface area contributed by atoms with Gasteiger partial charge in [0, 0.05) is 18.3 Å². The molecule has 4 aromatic carbocycles. The molecule has 0 bridgehead atoms. The highest BCUT2D eigenvalue weighted by atomic mass is 16.5. The van der Waals surface area contributed by atoms with E-state index in [1.54, 1.807) is 18.1 Å². The fourth-order valence-electron chi connectivity index (χ4n) is 4.10. The van der Waals surface area contributed by atoms with Crippen molar-refractivity contribution >= 4 is 23.6 Å². The Kier molecular flexibility index (Phi) is 9.46. The third-order valence-electron chi connectivity index (χ3n) is 6.15. The standard InChI is InChI=1S/C33H32N2O3/c1-38-31-18-15-27(16-19-31)21-22-34-32(36)24-29-13-8-14-30(23-29)35(25-28-11-6-3-7-12-28)33(37)20-17-26-9-4-2-5-10-26/h2-20,23H,21-22,24-25H2,1H3,(H,34,36). The minimum Gasteiger partial charge on any atom is -0.497 e. The van der Waals surface area contributed by atoms with Crippen LogP contribution in [0.2, 0.25) is 0 Å². The SMILES string of the molecule is COc1ccc(CCNC(=O)Cc2cccc(N(Cc3ccccc3)C(=O)C=Cc3ccccc3)c2)cc1. The minimum absolute atomic E-state index is 0.0550. The fraction of sp³-hybridized carbons (Fsp3) is 0.152. The Morgan fingerprint density at radius 1 is 0.789 bits per heavy atom. The molecule has 5 heteroatoms. The second-order valence-corrected chi connectivity index (χ2v) is 8.95. The lowest BCUT2D eigenvalue weighted by Gasteiger charge is -2.22. The highest BCUT2D eigenvalue weighted by Crippen LogP contribution is 2.21. The first-order chi connectivity index (χ1) is 18.6. The molecule has 0 spiro atoms. The molecule has 4 aromatic rings. The summed E-state index contributed by atoms with van der Waals surface area (Å²) in [6, 6.07) is 35.1. The van der Waals surface area contributed by atoms with Crippen LogP contribution >= 0.6 is 0 Å². The molecule has 0 saturated heterocycles. The van der Waals surface area contributed by atoms with Gasteiger partial charge in [-0.15, -0.1) is 0 Å². The van der Waals surface area contributed by atoms with Crippen molar-refractivity contribution in [3.05, 3.63) is 138 Å². The number of nitrogens with one attached hydrogen (secondary N) is 1. The molecule has 0 atom stereocenters. The van der Waals surface area contributed by atoms with E-state index in [2.05, 4.69) is 5.32 Å². The van der Waals surface area contributed by atoms with Gasteiger partial charge in [0.1, 0.15) is 5.75 Å². The number of benzene rings is 4. The Balaban J connectivity index is 1.42. The van der Waals surface area contributed by atoms with Crippen LogP contribution in [0.3, 0.4) is 0 Å². The van der Waals surface area contributed by atoms with E-state index in [-0.39, 0.29) is 18.2 Å². The number of ether oxygens (including phenoxy) is 1. The Morgan fingerprint density at radius 2 is 1.47 bits per heavy atom. The maximum atomic E-state index is 13.3. The van der Waals surface area contributed by atoms with Crippen LogP contribution in [-0.4, -0.2) is 25.5 Å². The number of carbonyl (C=O) groups excluding carboxylic acids is 2. The molecule has 4 rings (SSSR count). The predicted octanol–water partition coefficient (Wildman–Crippen LogP) is 5.84. The number of nitrogens with zero attached hydrogens (tertiary/aromatic N) is 1. The second kappa shape index (κ2) is 13.6. The van der Waals surface area contributed by atoms with Crippen molar-refractivity contribution < 1.29 is 14.3 Å². The molecule has 2 amide bonds. The Hall–Kier alpha value is -4.64. The Morgan fingerprint density at radius 3 is 2.18 bits per heavy atom. The van der Waals surface area contributed by atoms with Crippen molar-refractivity contribution in [1.29, 1.82) is 0 Å². The van der Waals surface area contributed by atoms with Crippen LogP contribution in [0.25, 0.3) is 6.08 Å². The molecule has 0 aromatic heterocycles. The van der Waals surface area contributed by atoms with Gasteiger partial charge >= 0.3 is 0 Å². The molecular formula is C33H32N2O3. The zero-order valence-electron chi connectivity index (χ0n) is 21.5. The molecular weight excluding hydrogens is 472 g/mol. The van der Waals surface area contributed by atoms with E-state index in [1.807, 2.05) is 115 Å². The van der Waals surface area contributed by atoms with Gasteiger partial charge in [0.2, 0.25) is 5.91 Å². The lowest BCUT2D eigenvalue weighted by Crippen LogP contribution is -2.29. The first-order valence-corrected chi connectivity index (χ1v) is 12.7. The van der Waals surface area contributed by atoms with Gasteiger partial charge in [-0.2, -0.15) is 0 Å². The number of amides is 2. The van der Waals surface area contributed by atoms with Crippen molar-refractivity contribution in [3.63, 3.8) is 0 Å². The number of methoxy groups -OCH3 is 1. The summed E-state index contributed by atoms with van der Waals surface area (Å²) in [5, 5.41) is 3.00. The van der Waals surface area contributed by atoms with Gasteiger partial charge in [-0.05, 0) is 59.0 Å². The second-order valence-electron chi connectivity index (χ2n) is 8.95. The monoisotopic (exact) mass is 504 g/mol. The first kappa shape index (κ1) is 26.4. The number of hydrogen-bond acceptors (Lipinski definition) is 3. The molecule has 192 valence electrons. The summed E-state index contributed by atoms with van der Waals surface area (Å²) in [5.74, 6) is 0.632. The van der Waals surface area contributed by atoms with Gasteiger partial charge in [-0.25, -0.2) is 0 Å². The summed E-state index contributed by atoms with van der Waals surface area (Å²) in [6.07, 6.45) is 4.39. The van der Waals surface area contributed by atoms with Crippen molar-refractivity contribution in [2.24, 2.45) is 0 Å². The summed E-state index contributed by atoms with van der Waals surface area (Å²) >= 11 is 0. The summed E-state index contributed by atoms with van der Waals surface area (Å²) in [7, 11) is 1.64. The molecule has 0 fully saturated rings. The van der Waals surface area contributed by atoms with E-state index in [1.165, 1.54) is 0 Å². The van der Waals surface area contributed by atoms with E-state index in [0.29, 0.717) is 13.1 Å². The number of carbonyl (C=O) groups is 2. The summed E-state index contributed by atoms with van der Waals surface area (Å²) in [4.78, 5) is 27.7. The molecule has 1 N–H and O–H groups in total. The topological polar surface area (TPSA) is 58.6 Å². The van der Waals surface area contributed by atoms with Gasteiger partial charge in [-0.1, -0.05) is 84.9 Å². The van der Waals surface area contributed by atoms with Crippen molar-refractivity contribution in [2.75, 3.05) is 18.6 Å². The predicted molar refractivity (Wildman–Crippen MR) is 153 cm³/mol. The number of hydrogen-bond donors (Lipinski definition) is 1. The zero-order valence-corrected chi connectivity index (χ0v) is 21.5. The maximum Gasteiger partial charge on any atom is 0.251 e. The summed E-state index contributed by atoms with van der Waals surface area (Å²) < 4.78 is 5.19. The molecule has 0 aliphatic rings. The van der Waals surface area contributed by atoms with Crippen LogP contribution in [0.1, 0.15) is 22.3 Å². The fourth-order valence-corrected chi connectivity index (χ4v) is 4.10. The van der Waals surface area contributed by atoms with Crippen LogP contribution < -0.4 is 15.0 Å². The third-order valence-corrected chi connectivity index (χ3v) is 6.15. The normalized spacial score (nSPS) is 10.8.